The Hall–Kier alpha value is -1.55. The Kier molecular flexibility index (Phi) is 5.16. The molecule has 1 amide bonds. The normalized spacial score (nSPS) is 11.1. The Labute approximate surface area is 108 Å². The lowest BCUT2D eigenvalue weighted by Gasteiger charge is -2.22. The summed E-state index contributed by atoms with van der Waals surface area (Å²) in [6.45, 7) is 6.10. The first-order chi connectivity index (χ1) is 8.51. The van der Waals surface area contributed by atoms with Crippen LogP contribution in [0.15, 0.2) is 24.3 Å². The molecule has 0 unspecified atom stereocenters. The van der Waals surface area contributed by atoms with Gasteiger partial charge in [0.2, 0.25) is 0 Å². The number of benzene rings is 1. The lowest BCUT2D eigenvalue weighted by Crippen LogP contribution is -2.38. The molecule has 1 rings (SSSR count). The van der Waals surface area contributed by atoms with Crippen LogP contribution in [-0.2, 0) is 9.53 Å². The maximum absolute atomic E-state index is 12.0. The monoisotopic (exact) mass is 251 g/mol. The minimum atomic E-state index is -0.863. The van der Waals surface area contributed by atoms with Crippen LogP contribution >= 0.6 is 0 Å². The Morgan fingerprint density at radius 2 is 2.00 bits per heavy atom. The number of rotatable bonds is 6. The van der Waals surface area contributed by atoms with Gasteiger partial charge >= 0.3 is 0 Å². The highest BCUT2D eigenvalue weighted by Gasteiger charge is 2.27. The van der Waals surface area contributed by atoms with Crippen LogP contribution in [0.2, 0.25) is 0 Å². The summed E-state index contributed by atoms with van der Waals surface area (Å²) in [7, 11) is 1.51. The predicted octanol–water partition coefficient (Wildman–Crippen LogP) is 2.84. The molecule has 0 fully saturated rings. The molecule has 0 aliphatic heterocycles. The van der Waals surface area contributed by atoms with Gasteiger partial charge in [0.25, 0.3) is 5.91 Å². The lowest BCUT2D eigenvalue weighted by molar-refractivity contribution is -0.133. The summed E-state index contributed by atoms with van der Waals surface area (Å²) in [5.41, 5.74) is -0.196. The van der Waals surface area contributed by atoms with Gasteiger partial charge in [0.1, 0.15) is 11.4 Å². The van der Waals surface area contributed by atoms with E-state index in [9.17, 15) is 4.79 Å². The average Bonchev–Trinajstić information content (AvgIpc) is 2.37. The van der Waals surface area contributed by atoms with E-state index >= 15 is 0 Å². The van der Waals surface area contributed by atoms with Gasteiger partial charge in [-0.15, -0.1) is 0 Å². The van der Waals surface area contributed by atoms with Gasteiger partial charge in [-0.2, -0.15) is 0 Å². The molecule has 100 valence electrons. The van der Waals surface area contributed by atoms with Crippen molar-refractivity contribution in [1.82, 2.24) is 0 Å². The van der Waals surface area contributed by atoms with Gasteiger partial charge < -0.3 is 14.8 Å². The number of carbonyl (C=O) groups is 1. The highest BCUT2D eigenvalue weighted by atomic mass is 16.5. The van der Waals surface area contributed by atoms with Crippen molar-refractivity contribution in [2.24, 2.45) is 0 Å². The molecule has 1 N–H and O–H groups in total. The van der Waals surface area contributed by atoms with Crippen molar-refractivity contribution in [3.8, 4) is 5.75 Å². The van der Waals surface area contributed by atoms with E-state index < -0.39 is 5.60 Å². The van der Waals surface area contributed by atoms with Crippen LogP contribution in [0.5, 0.6) is 5.75 Å². The number of amides is 1. The zero-order valence-electron chi connectivity index (χ0n) is 11.4. The number of para-hydroxylation sites is 2. The first-order valence-corrected chi connectivity index (χ1v) is 6.09. The lowest BCUT2D eigenvalue weighted by atomic mass is 10.1. The molecule has 0 atom stereocenters. The molecule has 4 nitrogen and oxygen atoms in total. The average molecular weight is 251 g/mol. The van der Waals surface area contributed by atoms with Crippen LogP contribution in [-0.4, -0.2) is 25.2 Å². The van der Waals surface area contributed by atoms with E-state index in [4.69, 9.17) is 9.47 Å². The molecule has 0 spiro atoms. The molecule has 0 saturated carbocycles. The van der Waals surface area contributed by atoms with E-state index in [0.29, 0.717) is 18.0 Å². The minimum absolute atomic E-state index is 0.197. The molecule has 0 bridgehead atoms. The fraction of sp³-hybridized carbons (Fsp3) is 0.500. The Balaban J connectivity index is 2.81. The minimum Gasteiger partial charge on any atom is -0.491 e. The molecule has 0 aromatic heterocycles. The number of ether oxygens (including phenoxy) is 2. The van der Waals surface area contributed by atoms with Crippen molar-refractivity contribution in [1.29, 1.82) is 0 Å². The Morgan fingerprint density at radius 1 is 1.33 bits per heavy atom. The molecule has 0 aliphatic carbocycles. The van der Waals surface area contributed by atoms with Gasteiger partial charge in [0.05, 0.1) is 12.3 Å². The number of carbonyl (C=O) groups excluding carboxylic acids is 1. The first kappa shape index (κ1) is 14.5. The quantitative estimate of drug-likeness (QED) is 0.845. The van der Waals surface area contributed by atoms with Crippen molar-refractivity contribution in [3.63, 3.8) is 0 Å². The molecule has 0 radical (unpaired) electrons. The summed E-state index contributed by atoms with van der Waals surface area (Å²) in [5.74, 6) is 0.483. The van der Waals surface area contributed by atoms with E-state index in [1.54, 1.807) is 13.8 Å². The SMILES string of the molecule is CCCOc1ccccc1NC(=O)C(C)(C)OC. The molecular weight excluding hydrogens is 230 g/mol. The summed E-state index contributed by atoms with van der Waals surface area (Å²) in [4.78, 5) is 12.0. The maximum atomic E-state index is 12.0. The van der Waals surface area contributed by atoms with E-state index in [2.05, 4.69) is 5.32 Å². The smallest absolute Gasteiger partial charge is 0.256 e. The summed E-state index contributed by atoms with van der Waals surface area (Å²) in [5, 5.41) is 2.82. The van der Waals surface area contributed by atoms with E-state index in [-0.39, 0.29) is 5.91 Å². The van der Waals surface area contributed by atoms with Gasteiger partial charge in [0.15, 0.2) is 0 Å². The molecule has 0 saturated heterocycles. The summed E-state index contributed by atoms with van der Waals surface area (Å²) < 4.78 is 10.7. The Bertz CT molecular complexity index is 402. The fourth-order valence-electron chi connectivity index (χ4n) is 1.27. The standard InChI is InChI=1S/C14H21NO3/c1-5-10-18-12-9-7-6-8-11(12)15-13(16)14(2,3)17-4/h6-9H,5,10H2,1-4H3,(H,15,16). The van der Waals surface area contributed by atoms with Gasteiger partial charge in [-0.05, 0) is 32.4 Å². The largest absolute Gasteiger partial charge is 0.491 e. The second kappa shape index (κ2) is 6.40. The zero-order chi connectivity index (χ0) is 13.6. The van der Waals surface area contributed by atoms with Crippen LogP contribution in [0.4, 0.5) is 5.69 Å². The third-order valence-electron chi connectivity index (χ3n) is 2.65. The van der Waals surface area contributed by atoms with Gasteiger partial charge in [-0.1, -0.05) is 19.1 Å². The van der Waals surface area contributed by atoms with E-state index in [0.717, 1.165) is 6.42 Å². The molecule has 0 aliphatic rings. The van der Waals surface area contributed by atoms with Crippen molar-refractivity contribution in [2.45, 2.75) is 32.8 Å². The van der Waals surface area contributed by atoms with Crippen LogP contribution in [0.3, 0.4) is 0 Å². The molecule has 18 heavy (non-hydrogen) atoms. The summed E-state index contributed by atoms with van der Waals surface area (Å²) in [6.07, 6.45) is 0.922. The highest BCUT2D eigenvalue weighted by Crippen LogP contribution is 2.25. The third-order valence-corrected chi connectivity index (χ3v) is 2.65. The van der Waals surface area contributed by atoms with Crippen LogP contribution in [0.25, 0.3) is 0 Å². The van der Waals surface area contributed by atoms with E-state index in [1.807, 2.05) is 31.2 Å². The molecule has 1 aromatic rings. The van der Waals surface area contributed by atoms with Crippen LogP contribution in [0.1, 0.15) is 27.2 Å². The molecule has 4 heteroatoms. The van der Waals surface area contributed by atoms with E-state index in [1.165, 1.54) is 7.11 Å². The zero-order valence-corrected chi connectivity index (χ0v) is 11.4. The van der Waals surface area contributed by atoms with Crippen molar-refractivity contribution < 1.29 is 14.3 Å². The number of anilines is 1. The van der Waals surface area contributed by atoms with Gasteiger partial charge in [0, 0.05) is 7.11 Å². The molecule has 1 aromatic carbocycles. The molecule has 0 heterocycles. The van der Waals surface area contributed by atoms with Crippen LogP contribution < -0.4 is 10.1 Å². The third kappa shape index (κ3) is 3.74. The second-order valence-corrected chi connectivity index (χ2v) is 4.51. The van der Waals surface area contributed by atoms with Gasteiger partial charge in [-0.3, -0.25) is 4.79 Å². The van der Waals surface area contributed by atoms with Crippen molar-refractivity contribution in [2.75, 3.05) is 19.0 Å². The summed E-state index contributed by atoms with van der Waals surface area (Å²) in [6, 6.07) is 7.38. The second-order valence-electron chi connectivity index (χ2n) is 4.51. The Morgan fingerprint density at radius 3 is 2.61 bits per heavy atom. The van der Waals surface area contributed by atoms with Gasteiger partial charge in [-0.25, -0.2) is 0 Å². The number of hydrogen-bond donors (Lipinski definition) is 1. The van der Waals surface area contributed by atoms with Crippen molar-refractivity contribution >= 4 is 11.6 Å². The number of methoxy groups -OCH3 is 1. The van der Waals surface area contributed by atoms with Crippen LogP contribution in [0, 0.1) is 0 Å². The number of hydrogen-bond acceptors (Lipinski definition) is 3. The first-order valence-electron chi connectivity index (χ1n) is 6.09. The van der Waals surface area contributed by atoms with Crippen molar-refractivity contribution in [3.05, 3.63) is 24.3 Å². The molecular formula is C14H21NO3. The summed E-state index contributed by atoms with van der Waals surface area (Å²) >= 11 is 0. The predicted molar refractivity (Wildman–Crippen MR) is 71.9 cm³/mol. The number of nitrogens with one attached hydrogen (secondary N) is 1. The topological polar surface area (TPSA) is 47.6 Å². The highest BCUT2D eigenvalue weighted by molar-refractivity contribution is 5.97. The fourth-order valence-corrected chi connectivity index (χ4v) is 1.27. The maximum Gasteiger partial charge on any atom is 0.256 e.